The molecule has 4 nitrogen and oxygen atoms in total. The summed E-state index contributed by atoms with van der Waals surface area (Å²) in [6, 6.07) is 4.39. The van der Waals surface area contributed by atoms with E-state index in [1.54, 1.807) is 32.4 Å². The predicted molar refractivity (Wildman–Crippen MR) is 102 cm³/mol. The minimum absolute atomic E-state index is 0.0741. The normalized spacial score (nSPS) is 13.3. The molecular weight excluding hydrogens is 364 g/mol. The molecule has 0 aliphatic heterocycles. The van der Waals surface area contributed by atoms with E-state index in [9.17, 15) is 4.39 Å². The summed E-state index contributed by atoms with van der Waals surface area (Å²) >= 11 is 12.2. The van der Waals surface area contributed by atoms with Gasteiger partial charge >= 0.3 is 0 Å². The van der Waals surface area contributed by atoms with Crippen LogP contribution in [-0.2, 0) is 0 Å². The van der Waals surface area contributed by atoms with Gasteiger partial charge in [0.05, 0.1) is 5.02 Å². The van der Waals surface area contributed by atoms with Crippen LogP contribution in [-0.4, -0.2) is 18.2 Å². The van der Waals surface area contributed by atoms with Gasteiger partial charge in [-0.05, 0) is 37.6 Å². The van der Waals surface area contributed by atoms with Crippen LogP contribution in [0.25, 0.3) is 5.57 Å². The van der Waals surface area contributed by atoms with Crippen LogP contribution in [0.4, 0.5) is 10.2 Å². The number of aromatic nitrogens is 1. The van der Waals surface area contributed by atoms with E-state index < -0.39 is 11.9 Å². The number of pyridine rings is 1. The second-order valence-corrected chi connectivity index (χ2v) is 6.04. The highest BCUT2D eigenvalue weighted by molar-refractivity contribution is 6.36. The third-order valence-electron chi connectivity index (χ3n) is 3.58. The number of nitrogens with zero attached hydrogens (tertiary/aromatic N) is 2. The molecule has 1 heterocycles. The average molecular weight is 382 g/mol. The van der Waals surface area contributed by atoms with Gasteiger partial charge in [-0.2, -0.15) is 0 Å². The third-order valence-corrected chi connectivity index (χ3v) is 4.30. The number of rotatable bonds is 5. The van der Waals surface area contributed by atoms with Crippen molar-refractivity contribution in [3.8, 4) is 5.75 Å². The number of allylic oxidation sites excluding steroid dienone is 2. The first-order valence-electron chi connectivity index (χ1n) is 7.53. The summed E-state index contributed by atoms with van der Waals surface area (Å²) in [6.45, 7) is 3.60. The molecule has 2 N–H and O–H groups in total. The largest absolute Gasteiger partial charge is 0.482 e. The Morgan fingerprint density at radius 3 is 2.76 bits per heavy atom. The van der Waals surface area contributed by atoms with Crippen LogP contribution >= 0.6 is 23.2 Å². The lowest BCUT2D eigenvalue weighted by Gasteiger charge is -2.19. The van der Waals surface area contributed by atoms with Gasteiger partial charge in [0, 0.05) is 35.6 Å². The molecule has 1 unspecified atom stereocenters. The van der Waals surface area contributed by atoms with Crippen LogP contribution in [0.5, 0.6) is 5.75 Å². The van der Waals surface area contributed by atoms with Gasteiger partial charge in [-0.1, -0.05) is 29.3 Å². The van der Waals surface area contributed by atoms with E-state index in [-0.39, 0.29) is 10.8 Å². The van der Waals surface area contributed by atoms with Crippen molar-refractivity contribution >= 4 is 40.8 Å². The first kappa shape index (κ1) is 19.2. The molecule has 7 heteroatoms. The number of halogens is 3. The SMILES string of the molecule is C/C=C(\C=NC)c1cnc(N)c(OC(C)c2c(Cl)ccc(F)c2Cl)c1. The third kappa shape index (κ3) is 4.30. The Labute approximate surface area is 156 Å². The molecule has 0 amide bonds. The van der Waals surface area contributed by atoms with Crippen molar-refractivity contribution in [1.82, 2.24) is 4.98 Å². The molecule has 0 saturated carbocycles. The predicted octanol–water partition coefficient (Wildman–Crippen LogP) is 5.35. The molecule has 1 atom stereocenters. The first-order chi connectivity index (χ1) is 11.9. The van der Waals surface area contributed by atoms with E-state index in [0.29, 0.717) is 16.3 Å². The second-order valence-electron chi connectivity index (χ2n) is 5.26. The highest BCUT2D eigenvalue weighted by Gasteiger charge is 2.20. The first-order valence-corrected chi connectivity index (χ1v) is 8.29. The summed E-state index contributed by atoms with van der Waals surface area (Å²) in [6.07, 6.45) is 4.62. The van der Waals surface area contributed by atoms with Gasteiger partial charge in [-0.3, -0.25) is 4.99 Å². The highest BCUT2D eigenvalue weighted by Crippen LogP contribution is 2.36. The molecule has 132 valence electrons. The fraction of sp³-hybridized carbons (Fsp3) is 0.222. The van der Waals surface area contributed by atoms with Crippen LogP contribution in [0.15, 0.2) is 35.5 Å². The lowest BCUT2D eigenvalue weighted by Crippen LogP contribution is -2.08. The molecular formula is C18H18Cl2FN3O. The average Bonchev–Trinajstić information content (AvgIpc) is 2.58. The second kappa shape index (κ2) is 8.32. The fourth-order valence-corrected chi connectivity index (χ4v) is 3.00. The number of benzene rings is 1. The number of nitrogens with two attached hydrogens (primary N) is 1. The fourth-order valence-electron chi connectivity index (χ4n) is 2.33. The molecule has 0 radical (unpaired) electrons. The van der Waals surface area contributed by atoms with Crippen molar-refractivity contribution in [2.75, 3.05) is 12.8 Å². The van der Waals surface area contributed by atoms with Crippen molar-refractivity contribution in [2.45, 2.75) is 20.0 Å². The smallest absolute Gasteiger partial charge is 0.166 e. The molecule has 2 rings (SSSR count). The maximum Gasteiger partial charge on any atom is 0.166 e. The number of ether oxygens (including phenoxy) is 1. The van der Waals surface area contributed by atoms with E-state index >= 15 is 0 Å². The van der Waals surface area contributed by atoms with Gasteiger partial charge in [0.25, 0.3) is 0 Å². The molecule has 1 aromatic carbocycles. The van der Waals surface area contributed by atoms with Crippen LogP contribution < -0.4 is 10.5 Å². The molecule has 0 saturated heterocycles. The Hall–Kier alpha value is -2.11. The van der Waals surface area contributed by atoms with E-state index in [0.717, 1.165) is 11.1 Å². The van der Waals surface area contributed by atoms with Crippen molar-refractivity contribution in [2.24, 2.45) is 4.99 Å². The lowest BCUT2D eigenvalue weighted by atomic mass is 10.1. The van der Waals surface area contributed by atoms with Crippen LogP contribution in [0, 0.1) is 5.82 Å². The van der Waals surface area contributed by atoms with Crippen molar-refractivity contribution in [1.29, 1.82) is 0 Å². The maximum absolute atomic E-state index is 13.7. The Balaban J connectivity index is 2.39. The number of hydrogen-bond acceptors (Lipinski definition) is 4. The summed E-state index contributed by atoms with van der Waals surface area (Å²) in [5.74, 6) is 0.000102. The zero-order valence-corrected chi connectivity index (χ0v) is 15.6. The molecule has 0 aliphatic rings. The molecule has 0 bridgehead atoms. The quantitative estimate of drug-likeness (QED) is 0.560. The van der Waals surface area contributed by atoms with Gasteiger partial charge in [0.2, 0.25) is 0 Å². The Bertz CT molecular complexity index is 837. The molecule has 0 aliphatic carbocycles. The molecule has 25 heavy (non-hydrogen) atoms. The van der Waals surface area contributed by atoms with Crippen LogP contribution in [0.3, 0.4) is 0 Å². The van der Waals surface area contributed by atoms with Crippen molar-refractivity contribution in [3.05, 3.63) is 57.5 Å². The Morgan fingerprint density at radius 1 is 1.40 bits per heavy atom. The molecule has 2 aromatic rings. The molecule has 1 aromatic heterocycles. The van der Waals surface area contributed by atoms with Gasteiger partial charge < -0.3 is 10.5 Å². The van der Waals surface area contributed by atoms with E-state index in [1.807, 2.05) is 13.0 Å². The Kier molecular flexibility index (Phi) is 6.39. The summed E-state index contributed by atoms with van der Waals surface area (Å²) in [4.78, 5) is 8.16. The topological polar surface area (TPSA) is 60.5 Å². The summed E-state index contributed by atoms with van der Waals surface area (Å²) in [5, 5.41) is 0.240. The summed E-state index contributed by atoms with van der Waals surface area (Å²) in [7, 11) is 1.68. The van der Waals surface area contributed by atoms with Gasteiger partial charge in [0.15, 0.2) is 11.6 Å². The standard InChI is InChI=1S/C18H18Cl2FN3O/c1-4-11(8-23-3)12-7-15(18(22)24-9-12)25-10(2)16-13(19)5-6-14(21)17(16)20/h4-10H,1-3H3,(H2,22,24)/b11-4+,23-8?. The maximum atomic E-state index is 13.7. The zero-order valence-electron chi connectivity index (χ0n) is 14.1. The van der Waals surface area contributed by atoms with Crippen molar-refractivity contribution in [3.63, 3.8) is 0 Å². The van der Waals surface area contributed by atoms with E-state index in [1.165, 1.54) is 12.1 Å². The minimum atomic E-state index is -0.621. The number of nitrogen functional groups attached to an aromatic ring is 1. The van der Waals surface area contributed by atoms with Gasteiger partial charge in [0.1, 0.15) is 11.9 Å². The lowest BCUT2D eigenvalue weighted by molar-refractivity contribution is 0.227. The summed E-state index contributed by atoms with van der Waals surface area (Å²) in [5.41, 5.74) is 7.93. The van der Waals surface area contributed by atoms with E-state index in [2.05, 4.69) is 9.98 Å². The van der Waals surface area contributed by atoms with Crippen LogP contribution in [0.1, 0.15) is 31.1 Å². The van der Waals surface area contributed by atoms with Crippen molar-refractivity contribution < 1.29 is 9.13 Å². The number of aliphatic imine (C=N–C) groups is 1. The molecule has 0 fully saturated rings. The van der Waals surface area contributed by atoms with Gasteiger partial charge in [-0.25, -0.2) is 9.37 Å². The van der Waals surface area contributed by atoms with E-state index in [4.69, 9.17) is 33.7 Å². The summed E-state index contributed by atoms with van der Waals surface area (Å²) < 4.78 is 19.6. The van der Waals surface area contributed by atoms with Crippen LogP contribution in [0.2, 0.25) is 10.0 Å². The Morgan fingerprint density at radius 2 is 2.12 bits per heavy atom. The molecule has 0 spiro atoms. The zero-order chi connectivity index (χ0) is 18.6. The minimum Gasteiger partial charge on any atom is -0.482 e. The monoisotopic (exact) mass is 381 g/mol. The highest BCUT2D eigenvalue weighted by atomic mass is 35.5. The number of anilines is 1. The number of hydrogen-bond donors (Lipinski definition) is 1. The van der Waals surface area contributed by atoms with Gasteiger partial charge in [-0.15, -0.1) is 0 Å².